The highest BCUT2D eigenvalue weighted by atomic mass is 15.1. The molecule has 68 valence electrons. The Hall–Kier alpha value is -0.520. The second-order valence-electron chi connectivity index (χ2n) is 3.65. The van der Waals surface area contributed by atoms with E-state index < -0.39 is 0 Å². The van der Waals surface area contributed by atoms with Crippen molar-refractivity contribution < 1.29 is 0 Å². The molecule has 0 unspecified atom stereocenters. The molecule has 0 aromatic carbocycles. The Bertz CT molecular complexity index is 169. The first-order valence-electron chi connectivity index (χ1n) is 4.91. The van der Waals surface area contributed by atoms with Crippen LogP contribution in [0.5, 0.6) is 0 Å². The summed E-state index contributed by atoms with van der Waals surface area (Å²) in [5.74, 6) is 0. The zero-order chi connectivity index (χ0) is 8.81. The first kappa shape index (κ1) is 9.57. The number of rotatable bonds is 2. The Balaban J connectivity index is 2.34. The molecule has 1 aliphatic heterocycles. The van der Waals surface area contributed by atoms with Crippen LogP contribution in [0.3, 0.4) is 0 Å². The van der Waals surface area contributed by atoms with Gasteiger partial charge in [-0.25, -0.2) is 0 Å². The van der Waals surface area contributed by atoms with Crippen molar-refractivity contribution in [1.29, 1.82) is 0 Å². The monoisotopic (exact) mass is 165 g/mol. The van der Waals surface area contributed by atoms with Gasteiger partial charge in [0, 0.05) is 6.54 Å². The molecule has 1 heterocycles. The van der Waals surface area contributed by atoms with E-state index in [0.717, 1.165) is 6.54 Å². The van der Waals surface area contributed by atoms with Crippen molar-refractivity contribution in [2.75, 3.05) is 19.6 Å². The predicted octanol–water partition coefficient (Wildman–Crippen LogP) is 2.59. The minimum atomic E-state index is 1.07. The second-order valence-corrected chi connectivity index (χ2v) is 3.65. The summed E-state index contributed by atoms with van der Waals surface area (Å²) in [5, 5.41) is 0. The van der Waals surface area contributed by atoms with Gasteiger partial charge in [-0.1, -0.05) is 19.4 Å². The Morgan fingerprint density at radius 1 is 1.25 bits per heavy atom. The molecule has 1 rings (SSSR count). The summed E-state index contributed by atoms with van der Waals surface area (Å²) >= 11 is 0. The maximum absolute atomic E-state index is 3.66. The summed E-state index contributed by atoms with van der Waals surface area (Å²) in [5.41, 5.74) is 4.23. The van der Waals surface area contributed by atoms with E-state index in [9.17, 15) is 0 Å². The van der Waals surface area contributed by atoms with Crippen LogP contribution in [0, 0.1) is 0 Å². The molecule has 0 saturated carbocycles. The van der Waals surface area contributed by atoms with Gasteiger partial charge in [0.25, 0.3) is 0 Å². The third-order valence-electron chi connectivity index (χ3n) is 2.46. The number of likely N-dealkylation sites (tertiary alicyclic amines) is 1. The van der Waals surface area contributed by atoms with E-state index in [1.165, 1.54) is 44.3 Å². The van der Waals surface area contributed by atoms with Crippen molar-refractivity contribution in [3.63, 3.8) is 0 Å². The standard InChI is InChI=1S/C11H19N/c1-3-11(2)10-12-8-6-4-5-7-9-12/h1,4-10H2,2H3. The van der Waals surface area contributed by atoms with Crippen molar-refractivity contribution >= 4 is 0 Å². The van der Waals surface area contributed by atoms with E-state index in [1.807, 2.05) is 0 Å². The van der Waals surface area contributed by atoms with Crippen LogP contribution in [0.2, 0.25) is 0 Å². The average Bonchev–Trinajstić information content (AvgIpc) is 2.33. The maximum atomic E-state index is 3.66. The van der Waals surface area contributed by atoms with E-state index in [2.05, 4.69) is 24.1 Å². The lowest BCUT2D eigenvalue weighted by atomic mass is 10.2. The van der Waals surface area contributed by atoms with E-state index in [1.54, 1.807) is 0 Å². The topological polar surface area (TPSA) is 3.24 Å². The number of hydrogen-bond acceptors (Lipinski definition) is 1. The highest BCUT2D eigenvalue weighted by Gasteiger charge is 2.08. The van der Waals surface area contributed by atoms with Gasteiger partial charge < -0.3 is 0 Å². The van der Waals surface area contributed by atoms with Gasteiger partial charge in [0.2, 0.25) is 0 Å². The quantitative estimate of drug-likeness (QED) is 0.568. The second kappa shape index (κ2) is 5.18. The van der Waals surface area contributed by atoms with Crippen LogP contribution >= 0.6 is 0 Å². The highest BCUT2D eigenvalue weighted by Crippen LogP contribution is 2.10. The van der Waals surface area contributed by atoms with Gasteiger partial charge in [-0.2, -0.15) is 0 Å². The van der Waals surface area contributed by atoms with E-state index in [-0.39, 0.29) is 0 Å². The summed E-state index contributed by atoms with van der Waals surface area (Å²) in [7, 11) is 0. The van der Waals surface area contributed by atoms with Crippen molar-refractivity contribution in [3.05, 3.63) is 17.9 Å². The number of hydrogen-bond donors (Lipinski definition) is 0. The summed E-state index contributed by atoms with van der Waals surface area (Å²) in [6.45, 7) is 9.37. The minimum absolute atomic E-state index is 1.07. The van der Waals surface area contributed by atoms with Gasteiger partial charge in [0.15, 0.2) is 0 Å². The molecule has 0 aliphatic carbocycles. The molecule has 1 nitrogen and oxygen atoms in total. The van der Waals surface area contributed by atoms with Crippen LogP contribution in [0.4, 0.5) is 0 Å². The molecule has 0 radical (unpaired) electrons. The smallest absolute Gasteiger partial charge is 0.0265 e. The molecular weight excluding hydrogens is 146 g/mol. The molecule has 1 saturated heterocycles. The zero-order valence-electron chi connectivity index (χ0n) is 8.10. The van der Waals surface area contributed by atoms with Gasteiger partial charge in [-0.15, -0.1) is 5.73 Å². The fraction of sp³-hybridized carbons (Fsp3) is 0.727. The van der Waals surface area contributed by atoms with Gasteiger partial charge in [0.05, 0.1) is 0 Å². The Labute approximate surface area is 75.8 Å². The highest BCUT2D eigenvalue weighted by molar-refractivity contribution is 4.97. The number of nitrogens with zero attached hydrogens (tertiary/aromatic N) is 1. The van der Waals surface area contributed by atoms with Crippen LogP contribution in [0.15, 0.2) is 17.9 Å². The van der Waals surface area contributed by atoms with Crippen LogP contribution < -0.4 is 0 Å². The molecule has 1 heteroatoms. The molecule has 0 bridgehead atoms. The zero-order valence-corrected chi connectivity index (χ0v) is 8.10. The first-order chi connectivity index (χ1) is 5.83. The van der Waals surface area contributed by atoms with Crippen LogP contribution in [0.25, 0.3) is 0 Å². The van der Waals surface area contributed by atoms with Crippen molar-refractivity contribution in [3.8, 4) is 0 Å². The molecule has 0 spiro atoms. The van der Waals surface area contributed by atoms with Gasteiger partial charge in [0.1, 0.15) is 0 Å². The molecule has 0 aromatic rings. The summed E-state index contributed by atoms with van der Waals surface area (Å²) < 4.78 is 0. The molecule has 1 fully saturated rings. The molecule has 0 N–H and O–H groups in total. The lowest BCUT2D eigenvalue weighted by molar-refractivity contribution is 0.309. The van der Waals surface area contributed by atoms with Gasteiger partial charge in [-0.05, 0) is 38.4 Å². The van der Waals surface area contributed by atoms with Crippen LogP contribution in [-0.2, 0) is 0 Å². The van der Waals surface area contributed by atoms with Crippen molar-refractivity contribution in [1.82, 2.24) is 4.90 Å². The lowest BCUT2D eigenvalue weighted by Gasteiger charge is -2.18. The summed E-state index contributed by atoms with van der Waals surface area (Å²) in [6, 6.07) is 0. The molecule has 0 atom stereocenters. The normalized spacial score (nSPS) is 19.8. The van der Waals surface area contributed by atoms with E-state index in [4.69, 9.17) is 0 Å². The molecular formula is C11H19N. The lowest BCUT2D eigenvalue weighted by Crippen LogP contribution is -2.26. The predicted molar refractivity (Wildman–Crippen MR) is 53.2 cm³/mol. The fourth-order valence-corrected chi connectivity index (χ4v) is 1.69. The minimum Gasteiger partial charge on any atom is -0.299 e. The average molecular weight is 165 g/mol. The third-order valence-corrected chi connectivity index (χ3v) is 2.46. The maximum Gasteiger partial charge on any atom is 0.0265 e. The summed E-state index contributed by atoms with van der Waals surface area (Å²) in [6.07, 6.45) is 5.55. The SMILES string of the molecule is C=C=C(C)CN1CCCCCC1. The van der Waals surface area contributed by atoms with E-state index in [0.29, 0.717) is 0 Å². The largest absolute Gasteiger partial charge is 0.299 e. The Kier molecular flexibility index (Phi) is 4.13. The van der Waals surface area contributed by atoms with E-state index >= 15 is 0 Å². The van der Waals surface area contributed by atoms with Crippen molar-refractivity contribution in [2.45, 2.75) is 32.6 Å². The molecule has 12 heavy (non-hydrogen) atoms. The first-order valence-corrected chi connectivity index (χ1v) is 4.91. The van der Waals surface area contributed by atoms with Crippen LogP contribution in [-0.4, -0.2) is 24.5 Å². The fourth-order valence-electron chi connectivity index (χ4n) is 1.69. The van der Waals surface area contributed by atoms with Crippen molar-refractivity contribution in [2.24, 2.45) is 0 Å². The molecule has 1 aliphatic rings. The third kappa shape index (κ3) is 3.25. The van der Waals surface area contributed by atoms with Gasteiger partial charge in [-0.3, -0.25) is 4.90 Å². The summed E-state index contributed by atoms with van der Waals surface area (Å²) in [4.78, 5) is 2.51. The molecule has 0 aromatic heterocycles. The van der Waals surface area contributed by atoms with Crippen LogP contribution in [0.1, 0.15) is 32.6 Å². The Morgan fingerprint density at radius 2 is 1.83 bits per heavy atom. The molecule has 0 amide bonds. The Morgan fingerprint density at radius 3 is 2.33 bits per heavy atom. The van der Waals surface area contributed by atoms with Gasteiger partial charge >= 0.3 is 0 Å².